The molecule has 7 nitrogen and oxygen atoms in total. The van der Waals surface area contributed by atoms with E-state index in [0.29, 0.717) is 6.54 Å². The zero-order valence-corrected chi connectivity index (χ0v) is 11.0. The number of likely N-dealkylation sites (N-methyl/N-ethyl adjacent to an activating group) is 1. The highest BCUT2D eigenvalue weighted by atomic mass is 32.2. The molecule has 0 aromatic carbocycles. The van der Waals surface area contributed by atoms with Gasteiger partial charge in [0.05, 0.1) is 12.8 Å². The Morgan fingerprint density at radius 2 is 2.24 bits per heavy atom. The summed E-state index contributed by atoms with van der Waals surface area (Å²) in [4.78, 5) is 1.91. The summed E-state index contributed by atoms with van der Waals surface area (Å²) in [6.07, 6.45) is 1.30. The van der Waals surface area contributed by atoms with Crippen LogP contribution in [-0.2, 0) is 16.6 Å². The van der Waals surface area contributed by atoms with Gasteiger partial charge in [0.2, 0.25) is 0 Å². The van der Waals surface area contributed by atoms with Crippen LogP contribution >= 0.6 is 0 Å². The summed E-state index contributed by atoms with van der Waals surface area (Å²) >= 11 is 0. The van der Waals surface area contributed by atoms with Gasteiger partial charge in [-0.2, -0.15) is 5.10 Å². The topological polar surface area (TPSA) is 98.3 Å². The largest absolute Gasteiger partial charge is 0.392 e. The van der Waals surface area contributed by atoms with Crippen molar-refractivity contribution in [3.8, 4) is 0 Å². The van der Waals surface area contributed by atoms with Gasteiger partial charge in [0.25, 0.3) is 10.0 Å². The molecule has 0 bridgehead atoms. The number of aromatic amines is 1. The summed E-state index contributed by atoms with van der Waals surface area (Å²) in [5, 5.41) is 14.9. The number of aliphatic hydroxyl groups excluding tert-OH is 1. The molecule has 0 spiro atoms. The van der Waals surface area contributed by atoms with E-state index in [-0.39, 0.29) is 23.2 Å². The van der Waals surface area contributed by atoms with E-state index >= 15 is 0 Å². The molecule has 1 rings (SSSR count). The number of nitrogens with zero attached hydrogens (tertiary/aromatic N) is 2. The van der Waals surface area contributed by atoms with Crippen LogP contribution in [0.2, 0.25) is 0 Å². The van der Waals surface area contributed by atoms with Crippen LogP contribution in [0.1, 0.15) is 12.5 Å². The van der Waals surface area contributed by atoms with Crippen molar-refractivity contribution in [3.05, 3.63) is 11.8 Å². The third-order valence-corrected chi connectivity index (χ3v) is 4.01. The number of rotatable bonds is 6. The molecule has 98 valence electrons. The molecule has 0 saturated carbocycles. The number of hydrogen-bond donors (Lipinski definition) is 3. The van der Waals surface area contributed by atoms with E-state index in [1.54, 1.807) is 0 Å². The molecule has 0 aliphatic carbocycles. The lowest BCUT2D eigenvalue weighted by atomic mass is 10.3. The molecular formula is C9H18N4O3S. The summed E-state index contributed by atoms with van der Waals surface area (Å²) in [5.41, 5.74) is 0.259. The number of nitrogens with one attached hydrogen (secondary N) is 2. The Morgan fingerprint density at radius 1 is 1.59 bits per heavy atom. The molecule has 1 atom stereocenters. The highest BCUT2D eigenvalue weighted by Gasteiger charge is 2.21. The lowest BCUT2D eigenvalue weighted by Crippen LogP contribution is -2.38. The smallest absolute Gasteiger partial charge is 0.257 e. The standard InChI is InChI=1S/C9H18N4O3S/c1-7(13(2)3)4-11-17(15,16)9-8(6-14)5-10-12-9/h5,7,11,14H,4,6H2,1-3H3,(H,10,12). The minimum absolute atomic E-state index is 0.0743. The Balaban J connectivity index is 2.76. The van der Waals surface area contributed by atoms with E-state index in [2.05, 4.69) is 14.9 Å². The average Bonchev–Trinajstić information content (AvgIpc) is 2.74. The monoisotopic (exact) mass is 262 g/mol. The van der Waals surface area contributed by atoms with E-state index in [1.165, 1.54) is 6.20 Å². The molecule has 17 heavy (non-hydrogen) atoms. The van der Waals surface area contributed by atoms with E-state index < -0.39 is 10.0 Å². The fourth-order valence-electron chi connectivity index (χ4n) is 1.13. The third kappa shape index (κ3) is 3.50. The molecule has 0 amide bonds. The highest BCUT2D eigenvalue weighted by molar-refractivity contribution is 7.89. The van der Waals surface area contributed by atoms with Crippen LogP contribution in [0.5, 0.6) is 0 Å². The van der Waals surface area contributed by atoms with Gasteiger partial charge in [-0.15, -0.1) is 0 Å². The van der Waals surface area contributed by atoms with Gasteiger partial charge in [-0.3, -0.25) is 5.10 Å². The van der Waals surface area contributed by atoms with Crippen molar-refractivity contribution in [1.29, 1.82) is 0 Å². The first kappa shape index (κ1) is 14.1. The van der Waals surface area contributed by atoms with Crippen molar-refractivity contribution in [1.82, 2.24) is 19.8 Å². The summed E-state index contributed by atoms with van der Waals surface area (Å²) in [6, 6.07) is 0.0743. The van der Waals surface area contributed by atoms with Gasteiger partial charge in [0.1, 0.15) is 0 Å². The summed E-state index contributed by atoms with van der Waals surface area (Å²) < 4.78 is 26.2. The first-order chi connectivity index (χ1) is 7.88. The maximum atomic E-state index is 11.9. The Bertz CT molecular complexity index is 455. The van der Waals surface area contributed by atoms with Crippen molar-refractivity contribution in [2.24, 2.45) is 0 Å². The minimum atomic E-state index is -3.64. The Morgan fingerprint density at radius 3 is 2.76 bits per heavy atom. The quantitative estimate of drug-likeness (QED) is 0.619. The van der Waals surface area contributed by atoms with Crippen LogP contribution in [0.3, 0.4) is 0 Å². The zero-order valence-electron chi connectivity index (χ0n) is 10.1. The number of aliphatic hydroxyl groups is 1. The lowest BCUT2D eigenvalue weighted by molar-refractivity contribution is 0.278. The second-order valence-electron chi connectivity index (χ2n) is 4.05. The van der Waals surface area contributed by atoms with Gasteiger partial charge in [-0.1, -0.05) is 0 Å². The summed E-state index contributed by atoms with van der Waals surface area (Å²) in [6.45, 7) is 1.83. The third-order valence-electron chi connectivity index (χ3n) is 2.57. The fraction of sp³-hybridized carbons (Fsp3) is 0.667. The van der Waals surface area contributed by atoms with Crippen LogP contribution in [0.25, 0.3) is 0 Å². The minimum Gasteiger partial charge on any atom is -0.392 e. The van der Waals surface area contributed by atoms with Gasteiger partial charge < -0.3 is 10.0 Å². The summed E-state index contributed by atoms with van der Waals surface area (Å²) in [5.74, 6) is 0. The van der Waals surface area contributed by atoms with Crippen LogP contribution in [0.4, 0.5) is 0 Å². The lowest BCUT2D eigenvalue weighted by Gasteiger charge is -2.19. The number of H-pyrrole nitrogens is 1. The van der Waals surface area contributed by atoms with Crippen LogP contribution in [-0.4, -0.2) is 55.3 Å². The van der Waals surface area contributed by atoms with Gasteiger partial charge in [0, 0.05) is 18.2 Å². The van der Waals surface area contributed by atoms with Crippen molar-refractivity contribution in [3.63, 3.8) is 0 Å². The molecule has 1 aromatic heterocycles. The predicted octanol–water partition coefficient (Wildman–Crippen LogP) is -0.870. The Labute approximate surface area is 101 Å². The van der Waals surface area contributed by atoms with Gasteiger partial charge in [-0.25, -0.2) is 13.1 Å². The molecule has 3 N–H and O–H groups in total. The van der Waals surface area contributed by atoms with E-state index in [9.17, 15) is 8.42 Å². The fourth-order valence-corrected chi connectivity index (χ4v) is 2.37. The number of sulfonamides is 1. The molecule has 8 heteroatoms. The van der Waals surface area contributed by atoms with Crippen molar-refractivity contribution < 1.29 is 13.5 Å². The normalized spacial score (nSPS) is 14.2. The Kier molecular flexibility index (Phi) is 4.63. The molecule has 0 fully saturated rings. The predicted molar refractivity (Wildman–Crippen MR) is 62.8 cm³/mol. The molecule has 0 saturated heterocycles. The molecule has 0 radical (unpaired) electrons. The molecule has 1 aromatic rings. The zero-order chi connectivity index (χ0) is 13.1. The highest BCUT2D eigenvalue weighted by Crippen LogP contribution is 2.11. The second-order valence-corrected chi connectivity index (χ2v) is 5.75. The number of hydrogen-bond acceptors (Lipinski definition) is 5. The van der Waals surface area contributed by atoms with E-state index in [0.717, 1.165) is 0 Å². The molecular weight excluding hydrogens is 244 g/mol. The van der Waals surface area contributed by atoms with Crippen LogP contribution in [0, 0.1) is 0 Å². The van der Waals surface area contributed by atoms with Crippen LogP contribution in [0.15, 0.2) is 11.2 Å². The van der Waals surface area contributed by atoms with E-state index in [1.807, 2.05) is 25.9 Å². The van der Waals surface area contributed by atoms with Crippen molar-refractivity contribution in [2.45, 2.75) is 24.6 Å². The van der Waals surface area contributed by atoms with Gasteiger partial charge >= 0.3 is 0 Å². The average molecular weight is 262 g/mol. The van der Waals surface area contributed by atoms with Crippen molar-refractivity contribution in [2.75, 3.05) is 20.6 Å². The maximum absolute atomic E-state index is 11.9. The molecule has 1 unspecified atom stereocenters. The maximum Gasteiger partial charge on any atom is 0.257 e. The summed E-state index contributed by atoms with van der Waals surface area (Å²) in [7, 11) is 0.0957. The van der Waals surface area contributed by atoms with Gasteiger partial charge in [0.15, 0.2) is 5.03 Å². The second kappa shape index (κ2) is 5.58. The SMILES string of the molecule is CC(CNS(=O)(=O)c1[nH]ncc1CO)N(C)C. The molecule has 0 aliphatic rings. The molecule has 1 heterocycles. The molecule has 0 aliphatic heterocycles. The first-order valence-electron chi connectivity index (χ1n) is 5.17. The van der Waals surface area contributed by atoms with Gasteiger partial charge in [-0.05, 0) is 21.0 Å². The number of aromatic nitrogens is 2. The Hall–Kier alpha value is -0.960. The van der Waals surface area contributed by atoms with Crippen molar-refractivity contribution >= 4 is 10.0 Å². The van der Waals surface area contributed by atoms with Crippen LogP contribution < -0.4 is 4.72 Å². The first-order valence-corrected chi connectivity index (χ1v) is 6.66. The van der Waals surface area contributed by atoms with E-state index in [4.69, 9.17) is 5.11 Å².